The fourth-order valence-corrected chi connectivity index (χ4v) is 1.97. The Hall–Kier alpha value is -1.92. The number of hydrogen-bond acceptors (Lipinski definition) is 4. The Balaban J connectivity index is 2.13. The van der Waals surface area contributed by atoms with Gasteiger partial charge in [0.1, 0.15) is 0 Å². The van der Waals surface area contributed by atoms with Crippen LogP contribution in [0.1, 0.15) is 22.3 Å². The van der Waals surface area contributed by atoms with Crippen LogP contribution in [0, 0.1) is 0 Å². The second kappa shape index (κ2) is 5.38. The first-order valence-electron chi connectivity index (χ1n) is 6.00. The first-order chi connectivity index (χ1) is 9.07. The van der Waals surface area contributed by atoms with Crippen molar-refractivity contribution in [3.63, 3.8) is 0 Å². The Bertz CT molecular complexity index is 478. The van der Waals surface area contributed by atoms with Gasteiger partial charge in [0.15, 0.2) is 5.54 Å². The number of benzene rings is 1. The molecule has 1 fully saturated rings. The molecule has 1 atom stereocenters. The van der Waals surface area contributed by atoms with Crippen molar-refractivity contribution in [1.29, 1.82) is 0 Å². The zero-order valence-electron chi connectivity index (χ0n) is 10.4. The van der Waals surface area contributed by atoms with E-state index in [1.807, 2.05) is 0 Å². The topological polar surface area (TPSA) is 102 Å². The highest BCUT2D eigenvalue weighted by Crippen LogP contribution is 2.19. The summed E-state index contributed by atoms with van der Waals surface area (Å²) in [6.45, 7) is 0.725. The lowest BCUT2D eigenvalue weighted by atomic mass is 9.98. The lowest BCUT2D eigenvalue weighted by molar-refractivity contribution is -0.144. The SMILES string of the molecule is NCc1ccc(C(=O)NC2(C(=O)O)CCOC2)cc1. The molecule has 4 N–H and O–H groups in total. The Morgan fingerprint density at radius 1 is 1.37 bits per heavy atom. The van der Waals surface area contributed by atoms with Crippen LogP contribution >= 0.6 is 0 Å². The van der Waals surface area contributed by atoms with E-state index in [0.717, 1.165) is 5.56 Å². The van der Waals surface area contributed by atoms with Crippen molar-refractivity contribution in [2.24, 2.45) is 5.73 Å². The maximum absolute atomic E-state index is 12.0. The third-order valence-corrected chi connectivity index (χ3v) is 3.24. The number of carboxylic acids is 1. The number of rotatable bonds is 4. The van der Waals surface area contributed by atoms with Gasteiger partial charge in [-0.25, -0.2) is 4.79 Å². The van der Waals surface area contributed by atoms with Crippen molar-refractivity contribution in [3.05, 3.63) is 35.4 Å². The van der Waals surface area contributed by atoms with Gasteiger partial charge in [-0.1, -0.05) is 12.1 Å². The van der Waals surface area contributed by atoms with Crippen molar-refractivity contribution in [2.75, 3.05) is 13.2 Å². The molecule has 1 heterocycles. The molecule has 0 aliphatic carbocycles. The van der Waals surface area contributed by atoms with Gasteiger partial charge in [-0.2, -0.15) is 0 Å². The molecule has 19 heavy (non-hydrogen) atoms. The quantitative estimate of drug-likeness (QED) is 0.717. The van der Waals surface area contributed by atoms with E-state index < -0.39 is 17.4 Å². The fourth-order valence-electron chi connectivity index (χ4n) is 1.97. The maximum atomic E-state index is 12.0. The summed E-state index contributed by atoms with van der Waals surface area (Å²) in [6.07, 6.45) is 0.273. The highest BCUT2D eigenvalue weighted by molar-refractivity contribution is 5.98. The zero-order chi connectivity index (χ0) is 13.9. The number of hydrogen-bond donors (Lipinski definition) is 3. The zero-order valence-corrected chi connectivity index (χ0v) is 10.4. The minimum Gasteiger partial charge on any atom is -0.479 e. The standard InChI is InChI=1S/C13H16N2O4/c14-7-9-1-3-10(4-2-9)11(16)15-13(12(17)18)5-6-19-8-13/h1-4H,5-8,14H2,(H,15,16)(H,17,18). The predicted octanol–water partition coefficient (Wildman–Crippen LogP) is 0.119. The normalized spacial score (nSPS) is 22.2. The monoisotopic (exact) mass is 264 g/mol. The highest BCUT2D eigenvalue weighted by atomic mass is 16.5. The van der Waals surface area contributed by atoms with Gasteiger partial charge in [-0.3, -0.25) is 4.79 Å². The first-order valence-corrected chi connectivity index (χ1v) is 6.00. The van der Waals surface area contributed by atoms with Crippen LogP contribution in [0.25, 0.3) is 0 Å². The molecular formula is C13H16N2O4. The Labute approximate surface area is 110 Å². The van der Waals surface area contributed by atoms with Gasteiger partial charge >= 0.3 is 5.97 Å². The fraction of sp³-hybridized carbons (Fsp3) is 0.385. The highest BCUT2D eigenvalue weighted by Gasteiger charge is 2.44. The van der Waals surface area contributed by atoms with Crippen molar-refractivity contribution in [1.82, 2.24) is 5.32 Å². The van der Waals surface area contributed by atoms with Crippen molar-refractivity contribution >= 4 is 11.9 Å². The van der Waals surface area contributed by atoms with Crippen LogP contribution in [-0.2, 0) is 16.1 Å². The summed E-state index contributed by atoms with van der Waals surface area (Å²) < 4.78 is 5.08. The molecule has 0 bridgehead atoms. The van der Waals surface area contributed by atoms with Crippen LogP contribution < -0.4 is 11.1 Å². The van der Waals surface area contributed by atoms with Crippen LogP contribution in [-0.4, -0.2) is 35.7 Å². The third kappa shape index (κ3) is 2.74. The van der Waals surface area contributed by atoms with Crippen molar-refractivity contribution in [2.45, 2.75) is 18.5 Å². The van der Waals surface area contributed by atoms with Gasteiger partial charge in [-0.15, -0.1) is 0 Å². The van der Waals surface area contributed by atoms with Crippen LogP contribution in [0.2, 0.25) is 0 Å². The number of carbonyl (C=O) groups is 2. The van der Waals surface area contributed by atoms with E-state index in [1.54, 1.807) is 24.3 Å². The second-order valence-corrected chi connectivity index (χ2v) is 4.55. The summed E-state index contributed by atoms with van der Waals surface area (Å²) in [5.41, 5.74) is 5.48. The molecule has 1 aliphatic rings. The van der Waals surface area contributed by atoms with Crippen molar-refractivity contribution < 1.29 is 19.4 Å². The van der Waals surface area contributed by atoms with Gasteiger partial charge < -0.3 is 20.9 Å². The summed E-state index contributed by atoms with van der Waals surface area (Å²) in [4.78, 5) is 23.3. The number of carboxylic acid groups (broad SMARTS) is 1. The maximum Gasteiger partial charge on any atom is 0.331 e. The summed E-state index contributed by atoms with van der Waals surface area (Å²) in [7, 11) is 0. The number of aliphatic carboxylic acids is 1. The minimum atomic E-state index is -1.32. The lowest BCUT2D eigenvalue weighted by Gasteiger charge is -2.23. The number of amides is 1. The average molecular weight is 264 g/mol. The third-order valence-electron chi connectivity index (χ3n) is 3.24. The Kier molecular flexibility index (Phi) is 3.82. The van der Waals surface area contributed by atoms with Crippen LogP contribution in [0.5, 0.6) is 0 Å². The van der Waals surface area contributed by atoms with Crippen LogP contribution in [0.4, 0.5) is 0 Å². The van der Waals surface area contributed by atoms with Gasteiger partial charge in [-0.05, 0) is 17.7 Å². The van der Waals surface area contributed by atoms with E-state index in [-0.39, 0.29) is 13.0 Å². The average Bonchev–Trinajstić information content (AvgIpc) is 2.88. The van der Waals surface area contributed by atoms with E-state index >= 15 is 0 Å². The number of ether oxygens (including phenoxy) is 1. The number of nitrogens with two attached hydrogens (primary N) is 1. The molecule has 0 saturated carbocycles. The predicted molar refractivity (Wildman–Crippen MR) is 67.6 cm³/mol. The van der Waals surface area contributed by atoms with Crippen LogP contribution in [0.15, 0.2) is 24.3 Å². The molecule has 2 rings (SSSR count). The molecule has 6 heteroatoms. The number of carbonyl (C=O) groups excluding carboxylic acids is 1. The van der Waals surface area contributed by atoms with E-state index in [4.69, 9.17) is 10.5 Å². The van der Waals surface area contributed by atoms with Crippen molar-refractivity contribution in [3.8, 4) is 0 Å². The van der Waals surface area contributed by atoms with Gasteiger partial charge in [0, 0.05) is 25.1 Å². The molecular weight excluding hydrogens is 248 g/mol. The summed E-state index contributed by atoms with van der Waals surface area (Å²) >= 11 is 0. The number of nitrogens with one attached hydrogen (secondary N) is 1. The Morgan fingerprint density at radius 2 is 2.05 bits per heavy atom. The molecule has 1 unspecified atom stereocenters. The molecule has 6 nitrogen and oxygen atoms in total. The lowest BCUT2D eigenvalue weighted by Crippen LogP contribution is -2.55. The Morgan fingerprint density at radius 3 is 2.53 bits per heavy atom. The molecule has 1 saturated heterocycles. The molecule has 1 amide bonds. The molecule has 0 radical (unpaired) electrons. The molecule has 0 aromatic heterocycles. The van der Waals surface area contributed by atoms with Crippen LogP contribution in [0.3, 0.4) is 0 Å². The minimum absolute atomic E-state index is 0.00500. The molecule has 0 spiro atoms. The van der Waals surface area contributed by atoms with E-state index in [9.17, 15) is 14.7 Å². The van der Waals surface area contributed by atoms with E-state index in [2.05, 4.69) is 5.32 Å². The smallest absolute Gasteiger partial charge is 0.331 e. The molecule has 102 valence electrons. The summed E-state index contributed by atoms with van der Waals surface area (Å²) in [6, 6.07) is 6.74. The first kappa shape index (κ1) is 13.5. The summed E-state index contributed by atoms with van der Waals surface area (Å²) in [5.74, 6) is -1.49. The molecule has 1 aliphatic heterocycles. The second-order valence-electron chi connectivity index (χ2n) is 4.55. The molecule has 1 aromatic carbocycles. The molecule has 1 aromatic rings. The summed E-state index contributed by atoms with van der Waals surface area (Å²) in [5, 5.41) is 11.8. The van der Waals surface area contributed by atoms with E-state index in [0.29, 0.717) is 18.7 Å². The van der Waals surface area contributed by atoms with E-state index in [1.165, 1.54) is 0 Å². The largest absolute Gasteiger partial charge is 0.479 e. The van der Waals surface area contributed by atoms with Gasteiger partial charge in [0.2, 0.25) is 0 Å². The van der Waals surface area contributed by atoms with Gasteiger partial charge in [0.25, 0.3) is 5.91 Å². The van der Waals surface area contributed by atoms with Gasteiger partial charge in [0.05, 0.1) is 6.61 Å².